The summed E-state index contributed by atoms with van der Waals surface area (Å²) < 4.78 is 22.1. The number of likely N-dealkylation sites (N-methyl/N-ethyl adjacent to an activating group) is 1. The van der Waals surface area contributed by atoms with Crippen LogP contribution in [-0.4, -0.2) is 33.8 Å². The Morgan fingerprint density at radius 1 is 1.03 bits per heavy atom. The molecule has 1 aromatic heterocycles. The summed E-state index contributed by atoms with van der Waals surface area (Å²) in [7, 11) is 4.81. The van der Waals surface area contributed by atoms with Crippen molar-refractivity contribution in [2.75, 3.05) is 27.9 Å². The number of hydrogen-bond donors (Lipinski definition) is 1. The number of ether oxygens (including phenoxy) is 3. The zero-order valence-corrected chi connectivity index (χ0v) is 17.3. The van der Waals surface area contributed by atoms with Crippen LogP contribution < -0.4 is 19.5 Å². The first kappa shape index (κ1) is 20.3. The molecule has 0 saturated heterocycles. The first-order valence-electron chi connectivity index (χ1n) is 9.30. The number of rotatable bonds is 7. The van der Waals surface area contributed by atoms with Gasteiger partial charge in [-0.25, -0.2) is 0 Å². The monoisotopic (exact) mass is 395 g/mol. The SMILES string of the molecule is CCNC(=O)/C=C(\C)c1cc2c(-c3ccc(OC)c(OC)c3)coc2cc1OC. The van der Waals surface area contributed by atoms with Crippen LogP contribution >= 0.6 is 0 Å². The summed E-state index contributed by atoms with van der Waals surface area (Å²) in [5, 5.41) is 3.69. The van der Waals surface area contributed by atoms with Gasteiger partial charge in [-0.15, -0.1) is 0 Å². The lowest BCUT2D eigenvalue weighted by atomic mass is 9.99. The minimum Gasteiger partial charge on any atom is -0.496 e. The van der Waals surface area contributed by atoms with Crippen LogP contribution in [0.25, 0.3) is 27.7 Å². The zero-order chi connectivity index (χ0) is 21.0. The summed E-state index contributed by atoms with van der Waals surface area (Å²) in [6.07, 6.45) is 3.28. The fourth-order valence-electron chi connectivity index (χ4n) is 3.26. The van der Waals surface area contributed by atoms with E-state index in [4.69, 9.17) is 18.6 Å². The van der Waals surface area contributed by atoms with Crippen LogP contribution in [0.4, 0.5) is 0 Å². The van der Waals surface area contributed by atoms with Crippen molar-refractivity contribution in [2.24, 2.45) is 0 Å². The molecule has 6 nitrogen and oxygen atoms in total. The first-order chi connectivity index (χ1) is 14.0. The number of hydrogen-bond acceptors (Lipinski definition) is 5. The molecule has 0 spiro atoms. The number of fused-ring (bicyclic) bond motifs is 1. The Morgan fingerprint density at radius 2 is 1.76 bits per heavy atom. The molecule has 0 fully saturated rings. The van der Waals surface area contributed by atoms with Crippen molar-refractivity contribution in [3.63, 3.8) is 0 Å². The predicted octanol–water partition coefficient (Wildman–Crippen LogP) is 4.67. The van der Waals surface area contributed by atoms with Crippen molar-refractivity contribution >= 4 is 22.4 Å². The lowest BCUT2D eigenvalue weighted by Gasteiger charge is -2.11. The van der Waals surface area contributed by atoms with Crippen molar-refractivity contribution in [2.45, 2.75) is 13.8 Å². The fraction of sp³-hybridized carbons (Fsp3) is 0.261. The van der Waals surface area contributed by atoms with Gasteiger partial charge in [0, 0.05) is 35.2 Å². The molecule has 0 bridgehead atoms. The second-order valence-corrected chi connectivity index (χ2v) is 6.49. The van der Waals surface area contributed by atoms with Crippen LogP contribution in [-0.2, 0) is 4.79 Å². The summed E-state index contributed by atoms with van der Waals surface area (Å²) in [4.78, 5) is 12.0. The van der Waals surface area contributed by atoms with E-state index in [9.17, 15) is 4.79 Å². The quantitative estimate of drug-likeness (QED) is 0.589. The predicted molar refractivity (Wildman–Crippen MR) is 114 cm³/mol. The van der Waals surface area contributed by atoms with Crippen molar-refractivity contribution in [3.8, 4) is 28.4 Å². The van der Waals surface area contributed by atoms with Crippen LogP contribution in [0.3, 0.4) is 0 Å². The van der Waals surface area contributed by atoms with Gasteiger partial charge in [0.1, 0.15) is 11.3 Å². The van der Waals surface area contributed by atoms with Crippen LogP contribution in [0.15, 0.2) is 47.1 Å². The maximum Gasteiger partial charge on any atom is 0.244 e. The molecule has 6 heteroatoms. The van der Waals surface area contributed by atoms with Crippen LogP contribution in [0, 0.1) is 0 Å². The molecule has 3 aromatic rings. The number of amides is 1. The third-order valence-corrected chi connectivity index (χ3v) is 4.71. The van der Waals surface area contributed by atoms with Gasteiger partial charge < -0.3 is 23.9 Å². The molecule has 2 aromatic carbocycles. The normalized spacial score (nSPS) is 11.4. The molecule has 29 heavy (non-hydrogen) atoms. The number of carbonyl (C=O) groups is 1. The van der Waals surface area contributed by atoms with Crippen molar-refractivity contribution in [3.05, 3.63) is 48.2 Å². The highest BCUT2D eigenvalue weighted by Gasteiger charge is 2.16. The molecule has 0 atom stereocenters. The molecular formula is C23H25NO5. The number of methoxy groups -OCH3 is 3. The minimum absolute atomic E-state index is 0.139. The Morgan fingerprint density at radius 3 is 2.41 bits per heavy atom. The number of benzene rings is 2. The van der Waals surface area contributed by atoms with E-state index < -0.39 is 0 Å². The molecule has 1 N–H and O–H groups in total. The average Bonchev–Trinajstić information content (AvgIpc) is 3.15. The maximum absolute atomic E-state index is 12.0. The highest BCUT2D eigenvalue weighted by Crippen LogP contribution is 2.39. The summed E-state index contributed by atoms with van der Waals surface area (Å²) in [5.41, 5.74) is 4.17. The molecule has 3 rings (SSSR count). The Hall–Kier alpha value is -3.41. The highest BCUT2D eigenvalue weighted by atomic mass is 16.5. The van der Waals surface area contributed by atoms with E-state index in [-0.39, 0.29) is 5.91 Å². The molecule has 152 valence electrons. The van der Waals surface area contributed by atoms with Gasteiger partial charge in [-0.05, 0) is 43.2 Å². The van der Waals surface area contributed by atoms with E-state index in [1.807, 2.05) is 44.2 Å². The van der Waals surface area contributed by atoms with Gasteiger partial charge in [0.05, 0.1) is 27.6 Å². The zero-order valence-electron chi connectivity index (χ0n) is 17.3. The topological polar surface area (TPSA) is 69.9 Å². The molecule has 0 saturated carbocycles. The highest BCUT2D eigenvalue weighted by molar-refractivity contribution is 6.00. The Labute approximate surface area is 170 Å². The molecule has 0 aliphatic rings. The summed E-state index contributed by atoms with van der Waals surface area (Å²) in [5.74, 6) is 1.80. The summed E-state index contributed by atoms with van der Waals surface area (Å²) in [6.45, 7) is 4.34. The smallest absolute Gasteiger partial charge is 0.244 e. The van der Waals surface area contributed by atoms with E-state index in [0.717, 1.165) is 27.6 Å². The van der Waals surface area contributed by atoms with Gasteiger partial charge in [-0.1, -0.05) is 6.07 Å². The molecule has 0 aliphatic carbocycles. The number of nitrogens with one attached hydrogen (secondary N) is 1. The third-order valence-electron chi connectivity index (χ3n) is 4.71. The molecule has 1 heterocycles. The van der Waals surface area contributed by atoms with Crippen LogP contribution in [0.2, 0.25) is 0 Å². The van der Waals surface area contributed by atoms with Gasteiger partial charge in [-0.2, -0.15) is 0 Å². The standard InChI is InChI=1S/C23H25NO5/c1-6-24-23(25)9-14(2)16-11-17-18(13-29-21(17)12-20(16)27-4)15-7-8-19(26-3)22(10-15)28-5/h7-13H,6H2,1-5H3,(H,24,25)/b14-9+. The van der Waals surface area contributed by atoms with Crippen LogP contribution in [0.1, 0.15) is 19.4 Å². The van der Waals surface area contributed by atoms with E-state index in [1.54, 1.807) is 33.7 Å². The van der Waals surface area contributed by atoms with E-state index >= 15 is 0 Å². The lowest BCUT2D eigenvalue weighted by Crippen LogP contribution is -2.20. The third kappa shape index (κ3) is 4.06. The second-order valence-electron chi connectivity index (χ2n) is 6.49. The Balaban J connectivity index is 2.14. The molecule has 0 aliphatic heterocycles. The molecule has 0 unspecified atom stereocenters. The van der Waals surface area contributed by atoms with Gasteiger partial charge in [0.15, 0.2) is 11.5 Å². The second kappa shape index (κ2) is 8.73. The fourth-order valence-corrected chi connectivity index (χ4v) is 3.26. The molecular weight excluding hydrogens is 370 g/mol. The van der Waals surface area contributed by atoms with Crippen molar-refractivity contribution in [1.29, 1.82) is 0 Å². The lowest BCUT2D eigenvalue weighted by molar-refractivity contribution is -0.116. The number of furan rings is 1. The first-order valence-corrected chi connectivity index (χ1v) is 9.30. The summed E-state index contributed by atoms with van der Waals surface area (Å²) >= 11 is 0. The van der Waals surface area contributed by atoms with Crippen molar-refractivity contribution < 1.29 is 23.4 Å². The molecule has 1 amide bonds. The van der Waals surface area contributed by atoms with Gasteiger partial charge in [0.25, 0.3) is 0 Å². The van der Waals surface area contributed by atoms with Crippen LogP contribution in [0.5, 0.6) is 17.2 Å². The van der Waals surface area contributed by atoms with E-state index in [0.29, 0.717) is 29.4 Å². The number of allylic oxidation sites excluding steroid dienone is 1. The molecule has 0 radical (unpaired) electrons. The van der Waals surface area contributed by atoms with Crippen molar-refractivity contribution in [1.82, 2.24) is 5.32 Å². The van der Waals surface area contributed by atoms with E-state index in [2.05, 4.69) is 5.32 Å². The number of carbonyl (C=O) groups excluding carboxylic acids is 1. The Bertz CT molecular complexity index is 1060. The summed E-state index contributed by atoms with van der Waals surface area (Å²) in [6, 6.07) is 9.54. The van der Waals surface area contributed by atoms with Gasteiger partial charge in [0.2, 0.25) is 5.91 Å². The Kier molecular flexibility index (Phi) is 6.12. The van der Waals surface area contributed by atoms with Gasteiger partial charge in [-0.3, -0.25) is 4.79 Å². The maximum atomic E-state index is 12.0. The average molecular weight is 395 g/mol. The van der Waals surface area contributed by atoms with Gasteiger partial charge >= 0.3 is 0 Å². The van der Waals surface area contributed by atoms with E-state index in [1.165, 1.54) is 0 Å². The minimum atomic E-state index is -0.139. The largest absolute Gasteiger partial charge is 0.496 e.